The molecule has 0 spiro atoms. The standard InChI is InChI=1S/C13H23N3O2/c1-3-13(7-4-8-14-13)12(18)16(2)9-11(17)15-10-5-6-10/h10,14H,3-9H2,1-2H3,(H,15,17). The first kappa shape index (κ1) is 13.3. The lowest BCUT2D eigenvalue weighted by molar-refractivity contribution is -0.140. The van der Waals surface area contributed by atoms with Crippen LogP contribution in [0.25, 0.3) is 0 Å². The molecule has 2 fully saturated rings. The Kier molecular flexibility index (Phi) is 3.90. The Morgan fingerprint density at radius 3 is 2.67 bits per heavy atom. The molecule has 1 unspecified atom stereocenters. The minimum atomic E-state index is -0.436. The van der Waals surface area contributed by atoms with E-state index in [0.717, 1.165) is 38.6 Å². The molecule has 1 aliphatic heterocycles. The lowest BCUT2D eigenvalue weighted by atomic mass is 9.92. The zero-order chi connectivity index (χ0) is 13.2. The van der Waals surface area contributed by atoms with Crippen molar-refractivity contribution in [2.24, 2.45) is 0 Å². The summed E-state index contributed by atoms with van der Waals surface area (Å²) in [6.07, 6.45) is 4.83. The van der Waals surface area contributed by atoms with Crippen LogP contribution in [-0.4, -0.2) is 48.4 Å². The molecule has 5 nitrogen and oxygen atoms in total. The van der Waals surface area contributed by atoms with E-state index in [9.17, 15) is 9.59 Å². The summed E-state index contributed by atoms with van der Waals surface area (Å²) in [6, 6.07) is 0.353. The number of hydrogen-bond acceptors (Lipinski definition) is 3. The average molecular weight is 253 g/mol. The van der Waals surface area contributed by atoms with E-state index in [-0.39, 0.29) is 18.4 Å². The highest BCUT2D eigenvalue weighted by atomic mass is 16.2. The highest BCUT2D eigenvalue weighted by molar-refractivity contribution is 5.90. The highest BCUT2D eigenvalue weighted by Crippen LogP contribution is 2.25. The fourth-order valence-electron chi connectivity index (χ4n) is 2.60. The summed E-state index contributed by atoms with van der Waals surface area (Å²) >= 11 is 0. The Hall–Kier alpha value is -1.10. The fraction of sp³-hybridized carbons (Fsp3) is 0.846. The molecule has 2 amide bonds. The summed E-state index contributed by atoms with van der Waals surface area (Å²) in [5.74, 6) is 0.00560. The van der Waals surface area contributed by atoms with E-state index in [4.69, 9.17) is 0 Å². The number of nitrogens with one attached hydrogen (secondary N) is 2. The molecule has 1 aliphatic carbocycles. The topological polar surface area (TPSA) is 61.4 Å². The second kappa shape index (κ2) is 5.26. The lowest BCUT2D eigenvalue weighted by Crippen LogP contribution is -2.55. The number of carbonyl (C=O) groups excluding carboxylic acids is 2. The van der Waals surface area contributed by atoms with Crippen molar-refractivity contribution in [3.05, 3.63) is 0 Å². The molecular weight excluding hydrogens is 230 g/mol. The molecule has 5 heteroatoms. The van der Waals surface area contributed by atoms with E-state index < -0.39 is 5.54 Å². The van der Waals surface area contributed by atoms with Gasteiger partial charge in [0, 0.05) is 13.1 Å². The molecule has 1 saturated carbocycles. The first-order valence-electron chi connectivity index (χ1n) is 6.87. The zero-order valence-corrected chi connectivity index (χ0v) is 11.3. The van der Waals surface area contributed by atoms with Crippen molar-refractivity contribution in [1.82, 2.24) is 15.5 Å². The van der Waals surface area contributed by atoms with Crippen molar-refractivity contribution in [3.8, 4) is 0 Å². The molecule has 0 aromatic heterocycles. The van der Waals surface area contributed by atoms with Crippen molar-refractivity contribution in [1.29, 1.82) is 0 Å². The summed E-state index contributed by atoms with van der Waals surface area (Å²) in [5.41, 5.74) is -0.436. The van der Waals surface area contributed by atoms with Crippen LogP contribution in [-0.2, 0) is 9.59 Å². The summed E-state index contributed by atoms with van der Waals surface area (Å²) in [7, 11) is 1.71. The van der Waals surface area contributed by atoms with Crippen LogP contribution in [0.15, 0.2) is 0 Å². The molecule has 2 N–H and O–H groups in total. The van der Waals surface area contributed by atoms with Crippen LogP contribution in [0.5, 0.6) is 0 Å². The largest absolute Gasteiger partial charge is 0.352 e. The number of nitrogens with zero attached hydrogens (tertiary/aromatic N) is 1. The quantitative estimate of drug-likeness (QED) is 0.738. The molecular formula is C13H23N3O2. The minimum Gasteiger partial charge on any atom is -0.352 e. The molecule has 0 bridgehead atoms. The molecule has 1 heterocycles. The predicted molar refractivity (Wildman–Crippen MR) is 69.1 cm³/mol. The van der Waals surface area contributed by atoms with Crippen LogP contribution in [0.1, 0.15) is 39.0 Å². The van der Waals surface area contributed by atoms with E-state index in [1.807, 2.05) is 6.92 Å². The maximum Gasteiger partial charge on any atom is 0.243 e. The maximum absolute atomic E-state index is 12.4. The van der Waals surface area contributed by atoms with Gasteiger partial charge in [0.05, 0.1) is 12.1 Å². The van der Waals surface area contributed by atoms with Gasteiger partial charge in [-0.1, -0.05) is 6.92 Å². The van der Waals surface area contributed by atoms with E-state index in [1.165, 1.54) is 0 Å². The van der Waals surface area contributed by atoms with Crippen LogP contribution in [0.3, 0.4) is 0 Å². The second-order valence-electron chi connectivity index (χ2n) is 5.47. The Morgan fingerprint density at radius 1 is 1.44 bits per heavy atom. The van der Waals surface area contributed by atoms with Gasteiger partial charge in [0.1, 0.15) is 0 Å². The first-order valence-corrected chi connectivity index (χ1v) is 6.87. The van der Waals surface area contributed by atoms with Gasteiger partial charge in [0.2, 0.25) is 11.8 Å². The lowest BCUT2D eigenvalue weighted by Gasteiger charge is -2.31. The molecule has 1 saturated heterocycles. The van der Waals surface area contributed by atoms with Gasteiger partial charge in [-0.25, -0.2) is 0 Å². The number of rotatable bonds is 5. The summed E-state index contributed by atoms with van der Waals surface area (Å²) < 4.78 is 0. The van der Waals surface area contributed by atoms with Gasteiger partial charge in [-0.15, -0.1) is 0 Å². The Balaban J connectivity index is 1.88. The Morgan fingerprint density at radius 2 is 2.17 bits per heavy atom. The maximum atomic E-state index is 12.4. The van der Waals surface area contributed by atoms with Crippen molar-refractivity contribution in [3.63, 3.8) is 0 Å². The Bertz CT molecular complexity index is 333. The van der Waals surface area contributed by atoms with Crippen LogP contribution in [0, 0.1) is 0 Å². The average Bonchev–Trinajstić information content (AvgIpc) is 3.02. The SMILES string of the molecule is CCC1(C(=O)N(C)CC(=O)NC2CC2)CCCN1. The number of amides is 2. The number of hydrogen-bond donors (Lipinski definition) is 2. The normalized spacial score (nSPS) is 27.0. The molecule has 0 radical (unpaired) electrons. The van der Waals surface area contributed by atoms with Crippen LogP contribution < -0.4 is 10.6 Å². The fourth-order valence-corrected chi connectivity index (χ4v) is 2.60. The number of likely N-dealkylation sites (N-methyl/N-ethyl adjacent to an activating group) is 1. The zero-order valence-electron chi connectivity index (χ0n) is 11.3. The Labute approximate surface area is 108 Å². The molecule has 102 valence electrons. The van der Waals surface area contributed by atoms with Gasteiger partial charge in [0.15, 0.2) is 0 Å². The molecule has 0 aromatic carbocycles. The second-order valence-corrected chi connectivity index (χ2v) is 5.47. The summed E-state index contributed by atoms with van der Waals surface area (Å²) in [6.45, 7) is 3.08. The molecule has 0 aromatic rings. The molecule has 2 rings (SSSR count). The van der Waals surface area contributed by atoms with Gasteiger partial charge in [-0.3, -0.25) is 9.59 Å². The van der Waals surface area contributed by atoms with Gasteiger partial charge < -0.3 is 15.5 Å². The monoisotopic (exact) mass is 253 g/mol. The summed E-state index contributed by atoms with van der Waals surface area (Å²) in [5, 5.41) is 6.21. The molecule has 2 aliphatic rings. The van der Waals surface area contributed by atoms with E-state index in [2.05, 4.69) is 10.6 Å². The highest BCUT2D eigenvalue weighted by Gasteiger charge is 2.41. The third kappa shape index (κ3) is 2.83. The number of carbonyl (C=O) groups is 2. The van der Waals surface area contributed by atoms with Crippen molar-refractivity contribution in [2.75, 3.05) is 20.1 Å². The van der Waals surface area contributed by atoms with Gasteiger partial charge in [-0.2, -0.15) is 0 Å². The van der Waals surface area contributed by atoms with E-state index in [1.54, 1.807) is 11.9 Å². The van der Waals surface area contributed by atoms with Gasteiger partial charge >= 0.3 is 0 Å². The van der Waals surface area contributed by atoms with Gasteiger partial charge in [-0.05, 0) is 38.6 Å². The summed E-state index contributed by atoms with van der Waals surface area (Å²) in [4.78, 5) is 25.7. The van der Waals surface area contributed by atoms with Crippen LogP contribution in [0.4, 0.5) is 0 Å². The predicted octanol–water partition coefficient (Wildman–Crippen LogP) is 0.256. The van der Waals surface area contributed by atoms with Crippen molar-refractivity contribution in [2.45, 2.75) is 50.6 Å². The van der Waals surface area contributed by atoms with Crippen molar-refractivity contribution < 1.29 is 9.59 Å². The first-order chi connectivity index (χ1) is 8.57. The molecule has 18 heavy (non-hydrogen) atoms. The minimum absolute atomic E-state index is 0.0439. The smallest absolute Gasteiger partial charge is 0.243 e. The van der Waals surface area contributed by atoms with Crippen LogP contribution in [0.2, 0.25) is 0 Å². The molecule has 1 atom stereocenters. The third-order valence-corrected chi connectivity index (χ3v) is 3.93. The third-order valence-electron chi connectivity index (χ3n) is 3.93. The van der Waals surface area contributed by atoms with E-state index >= 15 is 0 Å². The van der Waals surface area contributed by atoms with Gasteiger partial charge in [0.25, 0.3) is 0 Å². The van der Waals surface area contributed by atoms with Crippen molar-refractivity contribution >= 4 is 11.8 Å². The van der Waals surface area contributed by atoms with Crippen LogP contribution >= 0.6 is 0 Å². The van der Waals surface area contributed by atoms with E-state index in [0.29, 0.717) is 6.04 Å².